The summed E-state index contributed by atoms with van der Waals surface area (Å²) in [5.74, 6) is 0.444. The van der Waals surface area contributed by atoms with Gasteiger partial charge in [-0.05, 0) is 12.1 Å². The Bertz CT molecular complexity index is 409. The maximum atomic E-state index is 10.7. The lowest BCUT2D eigenvalue weighted by atomic mass is 10.2. The lowest BCUT2D eigenvalue weighted by molar-refractivity contribution is 0.153. The molecule has 0 bridgehead atoms. The van der Waals surface area contributed by atoms with Gasteiger partial charge in [0.15, 0.2) is 0 Å². The van der Waals surface area contributed by atoms with Crippen LogP contribution in [0.2, 0.25) is 10.0 Å². The fourth-order valence-corrected chi connectivity index (χ4v) is 1.90. The first-order valence-corrected chi connectivity index (χ1v) is 5.17. The molecule has 0 aliphatic rings. The Balaban J connectivity index is 3.07. The van der Waals surface area contributed by atoms with Gasteiger partial charge < -0.3 is 14.7 Å². The van der Waals surface area contributed by atoms with Gasteiger partial charge in [-0.25, -0.2) is 4.79 Å². The fraction of sp³-hybridized carbons (Fsp3) is 0.300. The van der Waals surface area contributed by atoms with Crippen LogP contribution in [0.4, 0.5) is 4.79 Å². The Morgan fingerprint density at radius 2 is 2.12 bits per heavy atom. The topological polar surface area (TPSA) is 49.8 Å². The number of benzene rings is 1. The van der Waals surface area contributed by atoms with Gasteiger partial charge in [-0.1, -0.05) is 23.2 Å². The molecule has 1 amide bonds. The standard InChI is InChI=1S/C10H11Cl2NO3/c1-13(10(14)15)5-6-3-7(11)4-8(12)9(6)16-2/h3-4H,5H2,1-2H3,(H,14,15). The number of hydrogen-bond donors (Lipinski definition) is 1. The molecule has 0 fully saturated rings. The van der Waals surface area contributed by atoms with E-state index in [1.54, 1.807) is 12.1 Å². The van der Waals surface area contributed by atoms with Crippen molar-refractivity contribution in [3.8, 4) is 5.75 Å². The fourth-order valence-electron chi connectivity index (χ4n) is 1.28. The van der Waals surface area contributed by atoms with Crippen molar-refractivity contribution in [2.45, 2.75) is 6.54 Å². The smallest absolute Gasteiger partial charge is 0.407 e. The van der Waals surface area contributed by atoms with E-state index in [4.69, 9.17) is 33.0 Å². The second kappa shape index (κ2) is 5.27. The van der Waals surface area contributed by atoms with Crippen molar-refractivity contribution in [3.63, 3.8) is 0 Å². The maximum absolute atomic E-state index is 10.7. The molecule has 0 aliphatic heterocycles. The second-order valence-corrected chi connectivity index (χ2v) is 4.06. The van der Waals surface area contributed by atoms with Crippen molar-refractivity contribution in [2.75, 3.05) is 14.2 Å². The quantitative estimate of drug-likeness (QED) is 0.912. The molecule has 0 spiro atoms. The van der Waals surface area contributed by atoms with Gasteiger partial charge in [-0.15, -0.1) is 0 Å². The summed E-state index contributed by atoms with van der Waals surface area (Å²) in [7, 11) is 2.93. The van der Waals surface area contributed by atoms with Crippen LogP contribution in [0, 0.1) is 0 Å². The second-order valence-electron chi connectivity index (χ2n) is 3.22. The van der Waals surface area contributed by atoms with E-state index in [-0.39, 0.29) is 6.54 Å². The zero-order chi connectivity index (χ0) is 12.3. The van der Waals surface area contributed by atoms with Crippen LogP contribution in [0.5, 0.6) is 5.75 Å². The number of carbonyl (C=O) groups is 1. The molecule has 1 aromatic carbocycles. The molecule has 0 saturated heterocycles. The summed E-state index contributed by atoms with van der Waals surface area (Å²) in [5, 5.41) is 9.57. The van der Waals surface area contributed by atoms with Crippen LogP contribution < -0.4 is 4.74 Å². The number of nitrogens with zero attached hydrogens (tertiary/aromatic N) is 1. The molecule has 4 nitrogen and oxygen atoms in total. The third-order valence-electron chi connectivity index (χ3n) is 2.02. The van der Waals surface area contributed by atoms with Crippen LogP contribution in [0.15, 0.2) is 12.1 Å². The molecule has 1 rings (SSSR count). The minimum absolute atomic E-state index is 0.165. The SMILES string of the molecule is COc1c(Cl)cc(Cl)cc1CN(C)C(=O)O. The summed E-state index contributed by atoms with van der Waals surface area (Å²) < 4.78 is 5.10. The van der Waals surface area contributed by atoms with Crippen molar-refractivity contribution in [3.05, 3.63) is 27.7 Å². The van der Waals surface area contributed by atoms with Gasteiger partial charge in [-0.2, -0.15) is 0 Å². The highest BCUT2D eigenvalue weighted by Gasteiger charge is 2.14. The molecule has 0 unspecified atom stereocenters. The molecule has 0 atom stereocenters. The molecule has 6 heteroatoms. The van der Waals surface area contributed by atoms with E-state index in [1.165, 1.54) is 14.2 Å². The third kappa shape index (κ3) is 2.93. The average molecular weight is 264 g/mol. The molecule has 0 heterocycles. The van der Waals surface area contributed by atoms with E-state index in [0.717, 1.165) is 4.90 Å². The summed E-state index contributed by atoms with van der Waals surface area (Å²) in [6.07, 6.45) is -1.03. The van der Waals surface area contributed by atoms with Crippen molar-refractivity contribution in [1.29, 1.82) is 0 Å². The highest BCUT2D eigenvalue weighted by Crippen LogP contribution is 2.32. The molecular formula is C10H11Cl2NO3. The lowest BCUT2D eigenvalue weighted by Crippen LogP contribution is -2.24. The van der Waals surface area contributed by atoms with Crippen LogP contribution in [0.3, 0.4) is 0 Å². The summed E-state index contributed by atoms with van der Waals surface area (Å²) in [6.45, 7) is 0.165. The Morgan fingerprint density at radius 1 is 1.50 bits per heavy atom. The molecule has 88 valence electrons. The molecular weight excluding hydrogens is 253 g/mol. The monoisotopic (exact) mass is 263 g/mol. The molecule has 1 aromatic rings. The minimum Gasteiger partial charge on any atom is -0.495 e. The van der Waals surface area contributed by atoms with E-state index in [1.807, 2.05) is 0 Å². The molecule has 0 saturated carbocycles. The highest BCUT2D eigenvalue weighted by molar-refractivity contribution is 6.35. The summed E-state index contributed by atoms with van der Waals surface area (Å²) in [6, 6.07) is 3.18. The minimum atomic E-state index is -1.03. The molecule has 16 heavy (non-hydrogen) atoms. The predicted octanol–water partition coefficient (Wildman–Crippen LogP) is 3.11. The molecule has 1 N–H and O–H groups in total. The van der Waals surface area contributed by atoms with Crippen molar-refractivity contribution < 1.29 is 14.6 Å². The van der Waals surface area contributed by atoms with Gasteiger partial charge >= 0.3 is 6.09 Å². The number of carboxylic acid groups (broad SMARTS) is 1. The van der Waals surface area contributed by atoms with E-state index in [2.05, 4.69) is 0 Å². The zero-order valence-electron chi connectivity index (χ0n) is 8.83. The average Bonchev–Trinajstić information content (AvgIpc) is 2.16. The highest BCUT2D eigenvalue weighted by atomic mass is 35.5. The van der Waals surface area contributed by atoms with E-state index >= 15 is 0 Å². The van der Waals surface area contributed by atoms with Crippen LogP contribution in [-0.2, 0) is 6.54 Å². The van der Waals surface area contributed by atoms with Gasteiger partial charge in [0, 0.05) is 17.6 Å². The largest absolute Gasteiger partial charge is 0.495 e. The van der Waals surface area contributed by atoms with Gasteiger partial charge in [0.25, 0.3) is 0 Å². The van der Waals surface area contributed by atoms with Crippen LogP contribution in [0.1, 0.15) is 5.56 Å². The van der Waals surface area contributed by atoms with Gasteiger partial charge in [0.05, 0.1) is 18.7 Å². The van der Waals surface area contributed by atoms with E-state index in [9.17, 15) is 4.79 Å². The summed E-state index contributed by atoms with van der Waals surface area (Å²) in [4.78, 5) is 11.8. The number of halogens is 2. The van der Waals surface area contributed by atoms with Crippen molar-refractivity contribution in [2.24, 2.45) is 0 Å². The number of ether oxygens (including phenoxy) is 1. The van der Waals surface area contributed by atoms with Gasteiger partial charge in [0.1, 0.15) is 5.75 Å². The van der Waals surface area contributed by atoms with Crippen molar-refractivity contribution in [1.82, 2.24) is 4.90 Å². The lowest BCUT2D eigenvalue weighted by Gasteiger charge is -2.16. The zero-order valence-corrected chi connectivity index (χ0v) is 10.3. The van der Waals surface area contributed by atoms with Crippen LogP contribution >= 0.6 is 23.2 Å². The molecule has 0 aromatic heterocycles. The number of rotatable bonds is 3. The normalized spacial score (nSPS) is 10.0. The Hall–Kier alpha value is -1.13. The van der Waals surface area contributed by atoms with Crippen LogP contribution in [-0.4, -0.2) is 30.3 Å². The first-order chi connectivity index (χ1) is 7.45. The first kappa shape index (κ1) is 12.9. The van der Waals surface area contributed by atoms with Crippen LogP contribution in [0.25, 0.3) is 0 Å². The molecule has 0 radical (unpaired) electrons. The number of amides is 1. The Labute approximate surface area is 103 Å². The Kier molecular flexibility index (Phi) is 4.26. The first-order valence-electron chi connectivity index (χ1n) is 4.41. The number of methoxy groups -OCH3 is 1. The summed E-state index contributed by atoms with van der Waals surface area (Å²) >= 11 is 11.8. The predicted molar refractivity (Wildman–Crippen MR) is 62.5 cm³/mol. The van der Waals surface area contributed by atoms with Gasteiger partial charge in [0.2, 0.25) is 0 Å². The third-order valence-corrected chi connectivity index (χ3v) is 2.52. The molecule has 0 aliphatic carbocycles. The summed E-state index contributed by atoms with van der Waals surface area (Å²) in [5.41, 5.74) is 0.630. The Morgan fingerprint density at radius 3 is 2.62 bits per heavy atom. The van der Waals surface area contributed by atoms with E-state index < -0.39 is 6.09 Å². The van der Waals surface area contributed by atoms with Gasteiger partial charge in [-0.3, -0.25) is 0 Å². The van der Waals surface area contributed by atoms with E-state index in [0.29, 0.717) is 21.4 Å². The maximum Gasteiger partial charge on any atom is 0.407 e. The number of hydrogen-bond acceptors (Lipinski definition) is 2. The van der Waals surface area contributed by atoms with Crippen molar-refractivity contribution >= 4 is 29.3 Å².